The van der Waals surface area contributed by atoms with Gasteiger partial charge in [0.05, 0.1) is 23.4 Å². The number of imidazole rings is 1. The number of nitrogens with one attached hydrogen (secondary N) is 1. The Morgan fingerprint density at radius 3 is 2.72 bits per heavy atom. The number of carbonyl (C=O) groups is 1. The van der Waals surface area contributed by atoms with Crippen LogP contribution in [0.15, 0.2) is 36.5 Å². The van der Waals surface area contributed by atoms with Crippen LogP contribution in [-0.4, -0.2) is 32.5 Å². The van der Waals surface area contributed by atoms with Crippen LogP contribution < -0.4 is 10.1 Å². The molecule has 1 aromatic carbocycles. The number of pyridine rings is 1. The Labute approximate surface area is 166 Å². The molecule has 1 aliphatic rings. The van der Waals surface area contributed by atoms with E-state index in [0.29, 0.717) is 29.2 Å². The molecular weight excluding hydrogens is 380 g/mol. The first-order chi connectivity index (χ1) is 14.0. The average Bonchev–Trinajstić information content (AvgIpc) is 3.23. The first-order valence-electron chi connectivity index (χ1n) is 9.48. The molecule has 1 saturated carbocycles. The molecule has 1 amide bonds. The first-order valence-corrected chi connectivity index (χ1v) is 9.48. The summed E-state index contributed by atoms with van der Waals surface area (Å²) in [5.74, 6) is -1.41. The predicted octanol–water partition coefficient (Wildman–Crippen LogP) is 3.14. The Bertz CT molecular complexity index is 1050. The molecule has 0 radical (unpaired) electrons. The van der Waals surface area contributed by atoms with E-state index in [1.807, 2.05) is 0 Å². The standard InChI is InChI=1S/C21H21F2N3O3/c1-12-19(21(28)25-16-7-3-8-17(16)27)26-10-4-9-18(20(26)24-12)29-11-13-14(22)5-2-6-15(13)23/h2,4-6,9-10,16-17,27H,3,7-8,11H2,1H3,(H,25,28)/t16-,17?/m1/s1. The minimum absolute atomic E-state index is 0.175. The summed E-state index contributed by atoms with van der Waals surface area (Å²) in [6, 6.07) is 6.64. The first kappa shape index (κ1) is 19.3. The van der Waals surface area contributed by atoms with Crippen molar-refractivity contribution in [3.8, 4) is 5.75 Å². The van der Waals surface area contributed by atoms with E-state index in [-0.39, 0.29) is 24.1 Å². The fraction of sp³-hybridized carbons (Fsp3) is 0.333. The fourth-order valence-corrected chi connectivity index (χ4v) is 3.71. The molecule has 1 aliphatic carbocycles. The van der Waals surface area contributed by atoms with Crippen LogP contribution in [0.5, 0.6) is 5.75 Å². The fourth-order valence-electron chi connectivity index (χ4n) is 3.71. The van der Waals surface area contributed by atoms with Crippen molar-refractivity contribution in [1.82, 2.24) is 14.7 Å². The van der Waals surface area contributed by atoms with Crippen LogP contribution in [0, 0.1) is 18.6 Å². The number of hydrogen-bond acceptors (Lipinski definition) is 4. The Hall–Kier alpha value is -3.00. The highest BCUT2D eigenvalue weighted by atomic mass is 19.1. The van der Waals surface area contributed by atoms with Crippen LogP contribution in [0.3, 0.4) is 0 Å². The van der Waals surface area contributed by atoms with Crippen molar-refractivity contribution in [2.24, 2.45) is 0 Å². The van der Waals surface area contributed by atoms with Gasteiger partial charge in [0, 0.05) is 6.20 Å². The van der Waals surface area contributed by atoms with Crippen LogP contribution in [0.4, 0.5) is 8.78 Å². The number of carbonyl (C=O) groups excluding carboxylic acids is 1. The maximum atomic E-state index is 13.9. The number of amides is 1. The predicted molar refractivity (Wildman–Crippen MR) is 102 cm³/mol. The lowest BCUT2D eigenvalue weighted by Crippen LogP contribution is -2.40. The van der Waals surface area contributed by atoms with E-state index in [1.54, 1.807) is 29.7 Å². The SMILES string of the molecule is Cc1nc2c(OCc3c(F)cccc3F)cccn2c1C(=O)N[C@@H]1CCCC1O. The van der Waals surface area contributed by atoms with Crippen LogP contribution in [0.2, 0.25) is 0 Å². The average molecular weight is 401 g/mol. The second-order valence-electron chi connectivity index (χ2n) is 7.18. The lowest BCUT2D eigenvalue weighted by molar-refractivity contribution is 0.0867. The molecule has 2 atom stereocenters. The van der Waals surface area contributed by atoms with E-state index in [1.165, 1.54) is 18.2 Å². The summed E-state index contributed by atoms with van der Waals surface area (Å²) in [7, 11) is 0. The van der Waals surface area contributed by atoms with Gasteiger partial charge in [-0.15, -0.1) is 0 Å². The van der Waals surface area contributed by atoms with Gasteiger partial charge in [0.2, 0.25) is 0 Å². The van der Waals surface area contributed by atoms with Gasteiger partial charge >= 0.3 is 0 Å². The van der Waals surface area contributed by atoms with E-state index in [9.17, 15) is 18.7 Å². The van der Waals surface area contributed by atoms with Crippen molar-refractivity contribution in [2.75, 3.05) is 0 Å². The molecule has 0 bridgehead atoms. The summed E-state index contributed by atoms with van der Waals surface area (Å²) < 4.78 is 34.9. The Kier molecular flexibility index (Phi) is 5.19. The zero-order chi connectivity index (χ0) is 20.5. The Morgan fingerprint density at radius 1 is 1.28 bits per heavy atom. The molecule has 0 aliphatic heterocycles. The van der Waals surface area contributed by atoms with Crippen LogP contribution in [0.25, 0.3) is 5.65 Å². The van der Waals surface area contributed by atoms with E-state index >= 15 is 0 Å². The molecule has 1 fully saturated rings. The third-order valence-corrected chi connectivity index (χ3v) is 5.23. The summed E-state index contributed by atoms with van der Waals surface area (Å²) in [6.07, 6.45) is 3.38. The molecule has 4 rings (SSSR count). The molecule has 152 valence electrons. The molecule has 3 aromatic rings. The van der Waals surface area contributed by atoms with Crippen molar-refractivity contribution in [1.29, 1.82) is 0 Å². The highest BCUT2D eigenvalue weighted by molar-refractivity contribution is 5.95. The normalized spacial score (nSPS) is 18.9. The van der Waals surface area contributed by atoms with Crippen molar-refractivity contribution >= 4 is 11.6 Å². The molecule has 2 aromatic heterocycles. The summed E-state index contributed by atoms with van der Waals surface area (Å²) in [4.78, 5) is 17.2. The number of hydrogen-bond donors (Lipinski definition) is 2. The zero-order valence-electron chi connectivity index (χ0n) is 15.9. The number of benzene rings is 1. The monoisotopic (exact) mass is 401 g/mol. The number of fused-ring (bicyclic) bond motifs is 1. The highest BCUT2D eigenvalue weighted by Gasteiger charge is 2.29. The number of aromatic nitrogens is 2. The number of nitrogens with zero attached hydrogens (tertiary/aromatic N) is 2. The van der Waals surface area contributed by atoms with Gasteiger partial charge in [0.1, 0.15) is 23.9 Å². The Balaban J connectivity index is 1.61. The molecule has 0 spiro atoms. The van der Waals surface area contributed by atoms with Gasteiger partial charge in [0.25, 0.3) is 5.91 Å². The van der Waals surface area contributed by atoms with Crippen LogP contribution in [-0.2, 0) is 6.61 Å². The van der Waals surface area contributed by atoms with Crippen molar-refractivity contribution in [3.05, 3.63) is 65.1 Å². The molecule has 0 saturated heterocycles. The second-order valence-corrected chi connectivity index (χ2v) is 7.18. The second kappa shape index (κ2) is 7.79. The molecule has 2 N–H and O–H groups in total. The minimum atomic E-state index is -0.688. The molecule has 6 nitrogen and oxygen atoms in total. The molecule has 8 heteroatoms. The molecule has 29 heavy (non-hydrogen) atoms. The quantitative estimate of drug-likeness (QED) is 0.689. The van der Waals surface area contributed by atoms with Gasteiger partial charge in [-0.1, -0.05) is 6.07 Å². The molecule has 1 unspecified atom stereocenters. The van der Waals surface area contributed by atoms with E-state index in [0.717, 1.165) is 12.8 Å². The minimum Gasteiger partial charge on any atom is -0.485 e. The third-order valence-electron chi connectivity index (χ3n) is 5.23. The van der Waals surface area contributed by atoms with Gasteiger partial charge in [-0.05, 0) is 50.5 Å². The Morgan fingerprint density at radius 2 is 2.03 bits per heavy atom. The van der Waals surface area contributed by atoms with Crippen LogP contribution in [0.1, 0.15) is 41.0 Å². The maximum absolute atomic E-state index is 13.9. The number of rotatable bonds is 5. The summed E-state index contributed by atoms with van der Waals surface area (Å²) in [6.45, 7) is 1.40. The smallest absolute Gasteiger partial charge is 0.270 e. The third kappa shape index (κ3) is 3.67. The zero-order valence-corrected chi connectivity index (χ0v) is 15.9. The van der Waals surface area contributed by atoms with Gasteiger partial charge in [0.15, 0.2) is 11.4 Å². The van der Waals surface area contributed by atoms with Crippen molar-refractivity contribution < 1.29 is 23.4 Å². The van der Waals surface area contributed by atoms with E-state index in [2.05, 4.69) is 10.3 Å². The van der Waals surface area contributed by atoms with Gasteiger partial charge in [-0.3, -0.25) is 9.20 Å². The van der Waals surface area contributed by atoms with Gasteiger partial charge in [-0.2, -0.15) is 0 Å². The number of aryl methyl sites for hydroxylation is 1. The number of aliphatic hydroxyl groups is 1. The summed E-state index contributed by atoms with van der Waals surface area (Å²) in [5.41, 5.74) is 1.02. The van der Waals surface area contributed by atoms with Crippen LogP contribution >= 0.6 is 0 Å². The van der Waals surface area contributed by atoms with Crippen molar-refractivity contribution in [2.45, 2.75) is 44.9 Å². The van der Waals surface area contributed by atoms with E-state index in [4.69, 9.17) is 4.74 Å². The number of aliphatic hydroxyl groups excluding tert-OH is 1. The van der Waals surface area contributed by atoms with E-state index < -0.39 is 17.7 Å². The largest absolute Gasteiger partial charge is 0.485 e. The number of ether oxygens (including phenoxy) is 1. The molecular formula is C21H21F2N3O3. The maximum Gasteiger partial charge on any atom is 0.270 e. The van der Waals surface area contributed by atoms with Gasteiger partial charge < -0.3 is 15.2 Å². The number of halogens is 2. The molecule has 2 heterocycles. The van der Waals surface area contributed by atoms with Crippen molar-refractivity contribution in [3.63, 3.8) is 0 Å². The lowest BCUT2D eigenvalue weighted by Gasteiger charge is -2.16. The topological polar surface area (TPSA) is 75.9 Å². The van der Waals surface area contributed by atoms with Gasteiger partial charge in [-0.25, -0.2) is 13.8 Å². The lowest BCUT2D eigenvalue weighted by atomic mass is 10.2. The highest BCUT2D eigenvalue weighted by Crippen LogP contribution is 2.25. The summed E-state index contributed by atoms with van der Waals surface area (Å²) in [5, 5.41) is 12.8. The summed E-state index contributed by atoms with van der Waals surface area (Å²) >= 11 is 0.